The van der Waals surface area contributed by atoms with Gasteiger partial charge >= 0.3 is 0 Å². The number of hydrogen-bond acceptors (Lipinski definition) is 4. The highest BCUT2D eigenvalue weighted by molar-refractivity contribution is 6.34. The lowest BCUT2D eigenvalue weighted by molar-refractivity contribution is 0.243. The third-order valence-electron chi connectivity index (χ3n) is 2.81. The summed E-state index contributed by atoms with van der Waals surface area (Å²) in [4.78, 5) is 4.18. The molecule has 0 fully saturated rings. The molecule has 0 amide bonds. The second-order valence-corrected chi connectivity index (χ2v) is 5.23. The fraction of sp³-hybridized carbons (Fsp3) is 0.0667. The number of nitrogens with zero attached hydrogens (tertiary/aromatic N) is 2. The maximum atomic E-state index is 12.9. The van der Waals surface area contributed by atoms with Gasteiger partial charge in [0.25, 0.3) is 5.89 Å². The van der Waals surface area contributed by atoms with Crippen LogP contribution in [0, 0.1) is 5.82 Å². The fourth-order valence-electron chi connectivity index (χ4n) is 1.76. The zero-order valence-electron chi connectivity index (χ0n) is 11.1. The predicted molar refractivity (Wildman–Crippen MR) is 80.5 cm³/mol. The van der Waals surface area contributed by atoms with Crippen molar-refractivity contribution in [1.29, 1.82) is 0 Å². The molecule has 3 rings (SSSR count). The minimum Gasteiger partial charge on any atom is -0.482 e. The van der Waals surface area contributed by atoms with Crippen LogP contribution in [0.3, 0.4) is 0 Å². The van der Waals surface area contributed by atoms with Crippen LogP contribution in [0.15, 0.2) is 47.0 Å². The van der Waals surface area contributed by atoms with Gasteiger partial charge in [-0.1, -0.05) is 28.4 Å². The molecule has 22 heavy (non-hydrogen) atoms. The predicted octanol–water partition coefficient (Wildman–Crippen LogP) is 4.76. The van der Waals surface area contributed by atoms with E-state index in [0.29, 0.717) is 27.2 Å². The third-order valence-corrected chi connectivity index (χ3v) is 3.36. The van der Waals surface area contributed by atoms with Gasteiger partial charge in [0.05, 0.1) is 5.02 Å². The third kappa shape index (κ3) is 3.37. The van der Waals surface area contributed by atoms with Crippen molar-refractivity contribution in [3.63, 3.8) is 0 Å². The Hall–Kier alpha value is -2.11. The van der Waals surface area contributed by atoms with E-state index in [4.69, 9.17) is 32.5 Å². The largest absolute Gasteiger partial charge is 0.482 e. The molecule has 0 saturated heterocycles. The van der Waals surface area contributed by atoms with Gasteiger partial charge in [-0.25, -0.2) is 4.39 Å². The molecule has 7 heteroatoms. The van der Waals surface area contributed by atoms with Crippen LogP contribution in [-0.4, -0.2) is 10.1 Å². The average Bonchev–Trinajstić information content (AvgIpc) is 2.98. The fourth-order valence-corrected chi connectivity index (χ4v) is 2.09. The van der Waals surface area contributed by atoms with E-state index < -0.39 is 0 Å². The number of rotatable bonds is 4. The second kappa shape index (κ2) is 6.34. The summed E-state index contributed by atoms with van der Waals surface area (Å²) in [6, 6.07) is 10.7. The van der Waals surface area contributed by atoms with Gasteiger partial charge in [0.15, 0.2) is 6.61 Å². The van der Waals surface area contributed by atoms with Crippen LogP contribution in [0.2, 0.25) is 10.0 Å². The van der Waals surface area contributed by atoms with Crippen molar-refractivity contribution in [2.24, 2.45) is 0 Å². The van der Waals surface area contributed by atoms with Crippen LogP contribution in [-0.2, 0) is 6.61 Å². The summed E-state index contributed by atoms with van der Waals surface area (Å²) in [5.74, 6) is 0.730. The minimum atomic E-state index is -0.327. The van der Waals surface area contributed by atoms with Crippen molar-refractivity contribution in [3.05, 3.63) is 64.2 Å². The first-order valence-electron chi connectivity index (χ1n) is 6.28. The highest BCUT2D eigenvalue weighted by atomic mass is 35.5. The molecule has 0 aliphatic rings. The molecule has 0 saturated carbocycles. The van der Waals surface area contributed by atoms with Crippen LogP contribution in [0.25, 0.3) is 11.4 Å². The Morgan fingerprint density at radius 2 is 1.86 bits per heavy atom. The first-order chi connectivity index (χ1) is 10.6. The van der Waals surface area contributed by atoms with E-state index in [1.54, 1.807) is 30.3 Å². The summed E-state index contributed by atoms with van der Waals surface area (Å²) in [6.07, 6.45) is 0. The molecule has 0 aliphatic carbocycles. The molecule has 3 aromatic rings. The monoisotopic (exact) mass is 338 g/mol. The lowest BCUT2D eigenvalue weighted by Crippen LogP contribution is -1.96. The van der Waals surface area contributed by atoms with Gasteiger partial charge in [-0.2, -0.15) is 4.98 Å². The molecule has 0 bridgehead atoms. The molecule has 0 spiro atoms. The van der Waals surface area contributed by atoms with Crippen molar-refractivity contribution < 1.29 is 13.7 Å². The van der Waals surface area contributed by atoms with Crippen LogP contribution in [0.4, 0.5) is 4.39 Å². The lowest BCUT2D eigenvalue weighted by atomic mass is 10.2. The maximum Gasteiger partial charge on any atom is 0.264 e. The van der Waals surface area contributed by atoms with Crippen molar-refractivity contribution in [1.82, 2.24) is 10.1 Å². The van der Waals surface area contributed by atoms with Gasteiger partial charge in [0.1, 0.15) is 11.6 Å². The van der Waals surface area contributed by atoms with Crippen LogP contribution in [0.1, 0.15) is 5.89 Å². The molecule has 0 unspecified atom stereocenters. The normalized spacial score (nSPS) is 10.7. The van der Waals surface area contributed by atoms with Crippen LogP contribution < -0.4 is 4.74 Å². The molecular weight excluding hydrogens is 330 g/mol. The molecule has 0 radical (unpaired) electrons. The highest BCUT2D eigenvalue weighted by Crippen LogP contribution is 2.28. The summed E-state index contributed by atoms with van der Waals surface area (Å²) in [6.45, 7) is 0.0499. The minimum absolute atomic E-state index is 0.0499. The van der Waals surface area contributed by atoms with Gasteiger partial charge < -0.3 is 9.26 Å². The van der Waals surface area contributed by atoms with E-state index in [1.807, 2.05) is 0 Å². The van der Waals surface area contributed by atoms with E-state index in [9.17, 15) is 4.39 Å². The Kier molecular flexibility index (Phi) is 4.27. The first-order valence-corrected chi connectivity index (χ1v) is 7.04. The van der Waals surface area contributed by atoms with E-state index in [1.165, 1.54) is 12.1 Å². The number of halogens is 3. The van der Waals surface area contributed by atoms with Crippen molar-refractivity contribution in [3.8, 4) is 17.1 Å². The Labute approximate surface area is 135 Å². The Bertz CT molecular complexity index is 790. The molecule has 0 atom stereocenters. The zero-order valence-corrected chi connectivity index (χ0v) is 12.6. The van der Waals surface area contributed by atoms with E-state index in [-0.39, 0.29) is 18.3 Å². The summed E-state index contributed by atoms with van der Waals surface area (Å²) >= 11 is 11.9. The quantitative estimate of drug-likeness (QED) is 0.687. The smallest absolute Gasteiger partial charge is 0.264 e. The Morgan fingerprint density at radius 1 is 1.09 bits per heavy atom. The Morgan fingerprint density at radius 3 is 2.64 bits per heavy atom. The number of ether oxygens (including phenoxy) is 1. The van der Waals surface area contributed by atoms with Crippen molar-refractivity contribution in [2.75, 3.05) is 0 Å². The molecule has 4 nitrogen and oxygen atoms in total. The summed E-state index contributed by atoms with van der Waals surface area (Å²) in [5.41, 5.74) is 0.650. The molecular formula is C15H9Cl2FN2O2. The number of benzene rings is 2. The highest BCUT2D eigenvalue weighted by Gasteiger charge is 2.10. The number of aromatic nitrogens is 2. The number of hydrogen-bond donors (Lipinski definition) is 0. The van der Waals surface area contributed by atoms with Crippen molar-refractivity contribution in [2.45, 2.75) is 6.61 Å². The average molecular weight is 339 g/mol. The standard InChI is InChI=1S/C15H9Cl2FN2O2/c16-10-3-6-12(17)13(7-10)21-8-14-19-15(20-22-14)9-1-4-11(18)5-2-9/h1-7H,8H2. The molecule has 112 valence electrons. The Balaban J connectivity index is 1.72. The maximum absolute atomic E-state index is 12.9. The van der Waals surface area contributed by atoms with Crippen LogP contribution >= 0.6 is 23.2 Å². The van der Waals surface area contributed by atoms with Gasteiger partial charge in [-0.05, 0) is 36.4 Å². The van der Waals surface area contributed by atoms with Gasteiger partial charge in [-0.3, -0.25) is 0 Å². The van der Waals surface area contributed by atoms with Gasteiger partial charge in [0, 0.05) is 16.7 Å². The van der Waals surface area contributed by atoms with E-state index >= 15 is 0 Å². The van der Waals surface area contributed by atoms with Crippen molar-refractivity contribution >= 4 is 23.2 Å². The summed E-state index contributed by atoms with van der Waals surface area (Å²) in [5, 5.41) is 4.76. The lowest BCUT2D eigenvalue weighted by Gasteiger charge is -2.05. The molecule has 0 aliphatic heterocycles. The topological polar surface area (TPSA) is 48.2 Å². The molecule has 2 aromatic carbocycles. The summed E-state index contributed by atoms with van der Waals surface area (Å²) in [7, 11) is 0. The van der Waals surface area contributed by atoms with E-state index in [2.05, 4.69) is 10.1 Å². The summed E-state index contributed by atoms with van der Waals surface area (Å²) < 4.78 is 23.5. The zero-order chi connectivity index (χ0) is 15.5. The van der Waals surface area contributed by atoms with Gasteiger partial charge in [0.2, 0.25) is 5.82 Å². The molecule has 1 aromatic heterocycles. The SMILES string of the molecule is Fc1ccc(-c2noc(COc3cc(Cl)ccc3Cl)n2)cc1. The molecule has 0 N–H and O–H groups in total. The van der Waals surface area contributed by atoms with E-state index in [0.717, 1.165) is 0 Å². The van der Waals surface area contributed by atoms with Gasteiger partial charge in [-0.15, -0.1) is 0 Å². The second-order valence-electron chi connectivity index (χ2n) is 4.38. The molecule has 1 heterocycles. The first kappa shape index (κ1) is 14.8. The van der Waals surface area contributed by atoms with Crippen LogP contribution in [0.5, 0.6) is 5.75 Å².